The molecule has 146 valence electrons. The van der Waals surface area contributed by atoms with Crippen molar-refractivity contribution in [1.29, 1.82) is 0 Å². The number of carbonyl (C=O) groups is 1. The Labute approximate surface area is 168 Å². The molecule has 1 amide bonds. The summed E-state index contributed by atoms with van der Waals surface area (Å²) in [5, 5.41) is 18.3. The van der Waals surface area contributed by atoms with E-state index in [1.807, 2.05) is 68.4 Å². The van der Waals surface area contributed by atoms with Gasteiger partial charge in [0.1, 0.15) is 0 Å². The van der Waals surface area contributed by atoms with Crippen molar-refractivity contribution in [3.63, 3.8) is 0 Å². The van der Waals surface area contributed by atoms with Gasteiger partial charge in [-0.25, -0.2) is 0 Å². The highest BCUT2D eigenvalue weighted by molar-refractivity contribution is 7.98. The van der Waals surface area contributed by atoms with Gasteiger partial charge in [-0.05, 0) is 48.2 Å². The molecule has 0 saturated heterocycles. The summed E-state index contributed by atoms with van der Waals surface area (Å²) in [6.07, 6.45) is 0. The van der Waals surface area contributed by atoms with Crippen LogP contribution in [0.1, 0.15) is 30.0 Å². The highest BCUT2D eigenvalue weighted by atomic mass is 32.2. The average molecular weight is 397 g/mol. The van der Waals surface area contributed by atoms with Crippen LogP contribution < -0.4 is 10.6 Å². The van der Waals surface area contributed by atoms with E-state index in [-0.39, 0.29) is 11.9 Å². The van der Waals surface area contributed by atoms with Crippen LogP contribution in [0.5, 0.6) is 0 Å². The lowest BCUT2D eigenvalue weighted by atomic mass is 10.2. The van der Waals surface area contributed by atoms with Crippen LogP contribution in [0, 0.1) is 0 Å². The number of hydrogen-bond donors (Lipinski definition) is 2. The minimum atomic E-state index is -0.0736. The molecular weight excluding hydrogens is 372 g/mol. The standard InChI is InChI=1S/C20H24N6OS/c1-3-21-15(2)13-22-20(27)17-11-7-8-12-18(17)28-14-19-23-24-25-26(19)16-9-5-4-6-10-16/h4-12,15,21H,3,13-14H2,1-2H3,(H,22,27)/t15-/m1/s1. The molecule has 28 heavy (non-hydrogen) atoms. The van der Waals surface area contributed by atoms with Crippen LogP contribution in [0.4, 0.5) is 0 Å². The normalized spacial score (nSPS) is 11.9. The average Bonchev–Trinajstić information content (AvgIpc) is 3.20. The Kier molecular flexibility index (Phi) is 7.16. The first-order chi connectivity index (χ1) is 13.7. The first-order valence-corrected chi connectivity index (χ1v) is 10.2. The van der Waals surface area contributed by atoms with Gasteiger partial charge in [0.05, 0.1) is 17.0 Å². The molecule has 0 radical (unpaired) electrons. The predicted molar refractivity (Wildman–Crippen MR) is 111 cm³/mol. The van der Waals surface area contributed by atoms with E-state index >= 15 is 0 Å². The molecule has 1 atom stereocenters. The van der Waals surface area contributed by atoms with Gasteiger partial charge < -0.3 is 10.6 Å². The number of nitrogens with zero attached hydrogens (tertiary/aromatic N) is 4. The second-order valence-electron chi connectivity index (χ2n) is 6.30. The summed E-state index contributed by atoms with van der Waals surface area (Å²) in [7, 11) is 0. The number of likely N-dealkylation sites (N-methyl/N-ethyl adjacent to an activating group) is 1. The molecule has 0 bridgehead atoms. The fraction of sp³-hybridized carbons (Fsp3) is 0.300. The topological polar surface area (TPSA) is 84.7 Å². The minimum absolute atomic E-state index is 0.0736. The molecule has 7 nitrogen and oxygen atoms in total. The second-order valence-corrected chi connectivity index (χ2v) is 7.31. The Bertz CT molecular complexity index is 898. The molecule has 1 heterocycles. The van der Waals surface area contributed by atoms with Crippen molar-refractivity contribution in [2.24, 2.45) is 0 Å². The Balaban J connectivity index is 1.68. The smallest absolute Gasteiger partial charge is 0.252 e. The van der Waals surface area contributed by atoms with Crippen molar-refractivity contribution >= 4 is 17.7 Å². The highest BCUT2D eigenvalue weighted by Gasteiger charge is 2.14. The van der Waals surface area contributed by atoms with Gasteiger partial charge in [-0.1, -0.05) is 37.3 Å². The summed E-state index contributed by atoms with van der Waals surface area (Å²) < 4.78 is 1.72. The van der Waals surface area contributed by atoms with Gasteiger partial charge in [-0.3, -0.25) is 4.79 Å². The van der Waals surface area contributed by atoms with Gasteiger partial charge in [0, 0.05) is 17.5 Å². The molecule has 2 N–H and O–H groups in total. The van der Waals surface area contributed by atoms with Crippen LogP contribution in [0.15, 0.2) is 59.5 Å². The third kappa shape index (κ3) is 5.17. The predicted octanol–water partition coefficient (Wildman–Crippen LogP) is 2.68. The van der Waals surface area contributed by atoms with Gasteiger partial charge >= 0.3 is 0 Å². The van der Waals surface area contributed by atoms with Crippen molar-refractivity contribution < 1.29 is 4.79 Å². The molecule has 0 aliphatic carbocycles. The maximum atomic E-state index is 12.6. The van der Waals surface area contributed by atoms with Crippen LogP contribution in [0.25, 0.3) is 5.69 Å². The molecule has 0 aliphatic rings. The third-order valence-corrected chi connectivity index (χ3v) is 5.21. The largest absolute Gasteiger partial charge is 0.350 e. The molecule has 0 aliphatic heterocycles. The van der Waals surface area contributed by atoms with E-state index in [9.17, 15) is 4.79 Å². The Morgan fingerprint density at radius 3 is 2.68 bits per heavy atom. The number of para-hydroxylation sites is 1. The number of hydrogen-bond acceptors (Lipinski definition) is 6. The molecule has 3 rings (SSSR count). The molecule has 0 saturated carbocycles. The molecular formula is C20H24N6OS. The van der Waals surface area contributed by atoms with E-state index in [2.05, 4.69) is 26.2 Å². The summed E-state index contributed by atoms with van der Waals surface area (Å²) in [6.45, 7) is 5.55. The number of aromatic nitrogens is 4. The van der Waals surface area contributed by atoms with Gasteiger partial charge in [0.2, 0.25) is 0 Å². The fourth-order valence-corrected chi connectivity index (χ4v) is 3.71. The summed E-state index contributed by atoms with van der Waals surface area (Å²) in [5.41, 5.74) is 1.57. The lowest BCUT2D eigenvalue weighted by Gasteiger charge is -2.14. The zero-order chi connectivity index (χ0) is 19.8. The summed E-state index contributed by atoms with van der Waals surface area (Å²) in [4.78, 5) is 13.5. The summed E-state index contributed by atoms with van der Waals surface area (Å²) >= 11 is 1.55. The van der Waals surface area contributed by atoms with E-state index in [1.165, 1.54) is 0 Å². The second kappa shape index (κ2) is 10.0. The van der Waals surface area contributed by atoms with E-state index in [0.717, 1.165) is 23.0 Å². The number of amides is 1. The number of rotatable bonds is 9. The summed E-state index contributed by atoms with van der Waals surface area (Å²) in [6, 6.07) is 17.6. The van der Waals surface area contributed by atoms with Gasteiger partial charge in [0.25, 0.3) is 5.91 Å². The molecule has 2 aromatic carbocycles. The van der Waals surface area contributed by atoms with Crippen molar-refractivity contribution in [3.05, 3.63) is 66.0 Å². The zero-order valence-corrected chi connectivity index (χ0v) is 16.8. The first kappa shape index (κ1) is 20.0. The van der Waals surface area contributed by atoms with Crippen LogP contribution >= 0.6 is 11.8 Å². The molecule has 1 aromatic heterocycles. The molecule has 0 spiro atoms. The van der Waals surface area contributed by atoms with Crippen molar-refractivity contribution in [1.82, 2.24) is 30.8 Å². The third-order valence-electron chi connectivity index (χ3n) is 4.14. The Morgan fingerprint density at radius 1 is 1.14 bits per heavy atom. The minimum Gasteiger partial charge on any atom is -0.350 e. The number of nitrogens with one attached hydrogen (secondary N) is 2. The number of carbonyl (C=O) groups excluding carboxylic acids is 1. The van der Waals surface area contributed by atoms with E-state index < -0.39 is 0 Å². The first-order valence-electron chi connectivity index (χ1n) is 9.25. The maximum Gasteiger partial charge on any atom is 0.252 e. The van der Waals surface area contributed by atoms with Gasteiger partial charge in [-0.2, -0.15) is 4.68 Å². The van der Waals surface area contributed by atoms with Crippen LogP contribution in [-0.4, -0.2) is 45.2 Å². The number of thioether (sulfide) groups is 1. The van der Waals surface area contributed by atoms with E-state index in [1.54, 1.807) is 16.4 Å². The van der Waals surface area contributed by atoms with Crippen molar-refractivity contribution in [2.75, 3.05) is 13.1 Å². The van der Waals surface area contributed by atoms with E-state index in [4.69, 9.17) is 0 Å². The molecule has 8 heteroatoms. The quantitative estimate of drug-likeness (QED) is 0.541. The van der Waals surface area contributed by atoms with Crippen molar-refractivity contribution in [3.8, 4) is 5.69 Å². The van der Waals surface area contributed by atoms with E-state index in [0.29, 0.717) is 17.9 Å². The molecule has 3 aromatic rings. The molecule has 0 fully saturated rings. The SMILES string of the molecule is CCN[C@H](C)CNC(=O)c1ccccc1SCc1nnnn1-c1ccccc1. The Morgan fingerprint density at radius 2 is 1.89 bits per heavy atom. The van der Waals surface area contributed by atoms with Crippen LogP contribution in [-0.2, 0) is 5.75 Å². The molecule has 0 unspecified atom stereocenters. The zero-order valence-electron chi connectivity index (χ0n) is 16.0. The number of tetrazole rings is 1. The monoisotopic (exact) mass is 396 g/mol. The van der Waals surface area contributed by atoms with Crippen LogP contribution in [0.2, 0.25) is 0 Å². The van der Waals surface area contributed by atoms with Crippen LogP contribution in [0.3, 0.4) is 0 Å². The Hall–Kier alpha value is -2.71. The lowest BCUT2D eigenvalue weighted by molar-refractivity contribution is 0.0947. The van der Waals surface area contributed by atoms with Gasteiger partial charge in [-0.15, -0.1) is 16.9 Å². The summed E-state index contributed by atoms with van der Waals surface area (Å²) in [5.74, 6) is 1.21. The highest BCUT2D eigenvalue weighted by Crippen LogP contribution is 2.26. The number of benzene rings is 2. The fourth-order valence-electron chi connectivity index (χ4n) is 2.75. The van der Waals surface area contributed by atoms with Crippen molar-refractivity contribution in [2.45, 2.75) is 30.5 Å². The van der Waals surface area contributed by atoms with Gasteiger partial charge in [0.15, 0.2) is 5.82 Å². The lowest BCUT2D eigenvalue weighted by Crippen LogP contribution is -2.38. The maximum absolute atomic E-state index is 12.6.